The third-order valence-corrected chi connectivity index (χ3v) is 12.2. The van der Waals surface area contributed by atoms with E-state index in [2.05, 4.69) is 0 Å². The molecular formula is C40H29Cl2FN2O8. The van der Waals surface area contributed by atoms with Crippen molar-refractivity contribution < 1.29 is 43.3 Å². The number of hydrogen-bond acceptors (Lipinski definition) is 7. The lowest BCUT2D eigenvalue weighted by atomic mass is 9.56. The number of hydrogen-bond donors (Lipinski definition) is 2. The van der Waals surface area contributed by atoms with Crippen LogP contribution in [0.4, 0.5) is 15.8 Å². The van der Waals surface area contributed by atoms with E-state index >= 15 is 0 Å². The van der Waals surface area contributed by atoms with Crippen LogP contribution in [0.25, 0.3) is 0 Å². The van der Waals surface area contributed by atoms with Crippen LogP contribution in [0, 0.1) is 23.6 Å². The highest BCUT2D eigenvalue weighted by Crippen LogP contribution is 2.66. The monoisotopic (exact) mass is 754 g/mol. The number of nitrogens with zero attached hydrogens (tertiary/aromatic N) is 2. The number of phenols is 1. The van der Waals surface area contributed by atoms with Crippen molar-refractivity contribution in [2.24, 2.45) is 17.8 Å². The number of aromatic carboxylic acids is 1. The SMILES string of the molecule is O=C(O)c1cccc(N2C(=O)C3CC=C4C(CC5(Cl)C(=O)N(c6ccc(F)cc6)C(=O)C5(Cl)C4c4ccc(OCc5ccccc5)cc4O)C3C2=O)c1. The topological polar surface area (TPSA) is 142 Å². The number of halogens is 3. The summed E-state index contributed by atoms with van der Waals surface area (Å²) in [5.41, 5.74) is 1.44. The van der Waals surface area contributed by atoms with E-state index in [4.69, 9.17) is 27.9 Å². The zero-order chi connectivity index (χ0) is 37.4. The van der Waals surface area contributed by atoms with Gasteiger partial charge in [-0.15, -0.1) is 23.2 Å². The zero-order valence-electron chi connectivity index (χ0n) is 27.6. The Morgan fingerprint density at radius 2 is 1.57 bits per heavy atom. The van der Waals surface area contributed by atoms with Crippen LogP contribution >= 0.6 is 23.2 Å². The molecule has 6 atom stereocenters. The van der Waals surface area contributed by atoms with E-state index in [1.165, 1.54) is 48.5 Å². The lowest BCUT2D eigenvalue weighted by Gasteiger charge is -2.50. The van der Waals surface area contributed by atoms with E-state index in [0.29, 0.717) is 11.3 Å². The summed E-state index contributed by atoms with van der Waals surface area (Å²) in [4.78, 5) is 66.4. The smallest absolute Gasteiger partial charge is 0.335 e. The molecule has 3 fully saturated rings. The number of alkyl halides is 2. The summed E-state index contributed by atoms with van der Waals surface area (Å²) in [6.45, 7) is 0.200. The van der Waals surface area contributed by atoms with Crippen molar-refractivity contribution in [3.8, 4) is 11.5 Å². The Balaban J connectivity index is 1.24. The molecule has 8 rings (SSSR count). The van der Waals surface area contributed by atoms with Gasteiger partial charge in [0, 0.05) is 17.5 Å². The van der Waals surface area contributed by atoms with Crippen LogP contribution in [0.5, 0.6) is 11.5 Å². The zero-order valence-corrected chi connectivity index (χ0v) is 29.1. The fourth-order valence-corrected chi connectivity index (χ4v) is 9.30. The minimum absolute atomic E-state index is 0.0231. The predicted molar refractivity (Wildman–Crippen MR) is 191 cm³/mol. The molecule has 0 bridgehead atoms. The Labute approximate surface area is 312 Å². The van der Waals surface area contributed by atoms with Gasteiger partial charge in [-0.2, -0.15) is 0 Å². The van der Waals surface area contributed by atoms with Crippen molar-refractivity contribution in [1.29, 1.82) is 0 Å². The molecule has 4 aliphatic rings. The van der Waals surface area contributed by atoms with Gasteiger partial charge in [0.05, 0.1) is 28.8 Å². The van der Waals surface area contributed by atoms with Gasteiger partial charge >= 0.3 is 5.97 Å². The lowest BCUT2D eigenvalue weighted by molar-refractivity contribution is -0.125. The lowest BCUT2D eigenvalue weighted by Crippen LogP contribution is -2.60. The number of amides is 4. The van der Waals surface area contributed by atoms with E-state index in [1.807, 2.05) is 30.3 Å². The van der Waals surface area contributed by atoms with Crippen molar-refractivity contribution in [3.63, 3.8) is 0 Å². The molecule has 53 heavy (non-hydrogen) atoms. The van der Waals surface area contributed by atoms with Crippen molar-refractivity contribution in [2.45, 2.75) is 35.1 Å². The molecule has 4 amide bonds. The molecule has 2 saturated heterocycles. The molecule has 2 aliphatic carbocycles. The van der Waals surface area contributed by atoms with Crippen LogP contribution in [-0.2, 0) is 25.8 Å². The Morgan fingerprint density at radius 1 is 0.830 bits per heavy atom. The number of allylic oxidation sites excluding steroid dienone is 2. The van der Waals surface area contributed by atoms with Crippen molar-refractivity contribution in [1.82, 2.24) is 0 Å². The number of benzene rings is 4. The molecule has 0 aromatic heterocycles. The molecule has 2 N–H and O–H groups in total. The second-order valence-electron chi connectivity index (χ2n) is 13.6. The van der Waals surface area contributed by atoms with E-state index in [1.54, 1.807) is 12.1 Å². The van der Waals surface area contributed by atoms with Gasteiger partial charge in [-0.25, -0.2) is 14.1 Å². The summed E-state index contributed by atoms with van der Waals surface area (Å²) >= 11 is 14.8. The van der Waals surface area contributed by atoms with Gasteiger partial charge in [0.25, 0.3) is 11.8 Å². The highest BCUT2D eigenvalue weighted by atomic mass is 35.5. The summed E-state index contributed by atoms with van der Waals surface area (Å²) in [7, 11) is 0. The first-order valence-electron chi connectivity index (χ1n) is 16.8. The number of carboxylic acids is 1. The van der Waals surface area contributed by atoms with Crippen molar-refractivity contribution >= 4 is 64.2 Å². The first-order valence-corrected chi connectivity index (χ1v) is 17.5. The maximum Gasteiger partial charge on any atom is 0.335 e. The molecule has 268 valence electrons. The minimum atomic E-state index is -2.25. The Kier molecular flexibility index (Phi) is 8.19. The van der Waals surface area contributed by atoms with E-state index in [0.717, 1.165) is 27.5 Å². The third kappa shape index (κ3) is 5.16. The van der Waals surface area contributed by atoms with Crippen LogP contribution in [0.1, 0.15) is 40.2 Å². The molecule has 4 aromatic rings. The number of carbonyl (C=O) groups excluding carboxylic acids is 4. The van der Waals surface area contributed by atoms with E-state index < -0.39 is 68.8 Å². The van der Waals surface area contributed by atoms with E-state index in [-0.39, 0.29) is 47.7 Å². The summed E-state index contributed by atoms with van der Waals surface area (Å²) < 4.78 is 19.9. The molecule has 6 unspecified atom stereocenters. The summed E-state index contributed by atoms with van der Waals surface area (Å²) in [5, 5.41) is 21.2. The molecule has 0 spiro atoms. The number of imide groups is 2. The van der Waals surface area contributed by atoms with Gasteiger partial charge < -0.3 is 14.9 Å². The largest absolute Gasteiger partial charge is 0.508 e. The number of aromatic hydroxyl groups is 1. The van der Waals surface area contributed by atoms with E-state index in [9.17, 15) is 38.6 Å². The number of rotatable bonds is 7. The third-order valence-electron chi connectivity index (χ3n) is 10.8. The summed E-state index contributed by atoms with van der Waals surface area (Å²) in [6.07, 6.45) is 1.44. The van der Waals surface area contributed by atoms with Crippen LogP contribution in [0.2, 0.25) is 0 Å². The molecule has 10 nitrogen and oxygen atoms in total. The maximum atomic E-state index is 14.6. The van der Waals surface area contributed by atoms with Gasteiger partial charge in [0.1, 0.15) is 23.9 Å². The number of carboxylic acid groups (broad SMARTS) is 1. The predicted octanol–water partition coefficient (Wildman–Crippen LogP) is 6.58. The second-order valence-corrected chi connectivity index (χ2v) is 14.9. The number of carbonyl (C=O) groups is 5. The average Bonchev–Trinajstić information content (AvgIpc) is 3.49. The van der Waals surface area contributed by atoms with Crippen molar-refractivity contribution in [2.75, 3.05) is 9.80 Å². The van der Waals surface area contributed by atoms with Crippen LogP contribution in [0.15, 0.2) is 109 Å². The Bertz CT molecular complexity index is 2270. The highest BCUT2D eigenvalue weighted by molar-refractivity contribution is 6.58. The molecule has 0 radical (unpaired) electrons. The molecule has 2 heterocycles. The standard InChI is InChI=1S/C40H29Cl2FN2O8/c41-39-19-30-27(15-16-29-32(30)35(48)44(34(29)47)25-8-4-7-22(17-25)36(49)50)33(28-14-13-26(18-31(28)46)53-20-21-5-2-1-3-6-21)40(39,42)38(52)45(37(39)51)24-11-9-23(43)10-12-24/h1-15,17-18,29-30,32-33,46H,16,19-20H2,(H,49,50). The second kappa shape index (κ2) is 12.6. The van der Waals surface area contributed by atoms with Gasteiger partial charge in [-0.3, -0.25) is 24.1 Å². The highest BCUT2D eigenvalue weighted by Gasteiger charge is 2.77. The van der Waals surface area contributed by atoms with Crippen LogP contribution < -0.4 is 14.5 Å². The Morgan fingerprint density at radius 3 is 2.26 bits per heavy atom. The number of anilines is 2. The van der Waals surface area contributed by atoms with Gasteiger partial charge in [-0.05, 0) is 72.9 Å². The maximum absolute atomic E-state index is 14.6. The fraction of sp³-hybridized carbons (Fsp3) is 0.225. The molecule has 2 aliphatic heterocycles. The molecule has 13 heteroatoms. The van der Waals surface area contributed by atoms with Gasteiger partial charge in [-0.1, -0.05) is 54.1 Å². The summed E-state index contributed by atoms with van der Waals surface area (Å²) in [6, 6.07) is 24.0. The summed E-state index contributed by atoms with van der Waals surface area (Å²) in [5.74, 6) is -8.97. The molecular weight excluding hydrogens is 726 g/mol. The van der Waals surface area contributed by atoms with Gasteiger partial charge in [0.15, 0.2) is 9.75 Å². The fourth-order valence-electron chi connectivity index (χ4n) is 8.38. The van der Waals surface area contributed by atoms with Crippen molar-refractivity contribution in [3.05, 3.63) is 131 Å². The number of ether oxygens (including phenoxy) is 1. The minimum Gasteiger partial charge on any atom is -0.508 e. The number of phenolic OH excluding ortho intramolecular Hbond substituents is 1. The normalized spacial score (nSPS) is 27.6. The molecule has 4 aromatic carbocycles. The van der Waals surface area contributed by atoms with Crippen LogP contribution in [-0.4, -0.2) is 49.6 Å². The first-order chi connectivity index (χ1) is 25.3. The Hall–Kier alpha value is -5.52. The number of fused-ring (bicyclic) bond motifs is 4. The quantitative estimate of drug-likeness (QED) is 0.123. The average molecular weight is 756 g/mol. The first kappa shape index (κ1) is 34.6. The van der Waals surface area contributed by atoms with Crippen LogP contribution in [0.3, 0.4) is 0 Å². The molecule has 1 saturated carbocycles. The van der Waals surface area contributed by atoms with Gasteiger partial charge in [0.2, 0.25) is 11.8 Å².